The lowest BCUT2D eigenvalue weighted by Gasteiger charge is -2.00. The molecule has 15 heavy (non-hydrogen) atoms. The summed E-state index contributed by atoms with van der Waals surface area (Å²) in [5.74, 6) is -1.23. The maximum Gasteiger partial charge on any atom is 0.272 e. The summed E-state index contributed by atoms with van der Waals surface area (Å²) < 4.78 is 13.2. The summed E-state index contributed by atoms with van der Waals surface area (Å²) in [6.07, 6.45) is 0.161. The number of alkyl halides is 1. The number of non-ortho nitro benzene ring substituents is 1. The summed E-state index contributed by atoms with van der Waals surface area (Å²) in [5, 5.41) is 10.7. The predicted octanol–water partition coefficient (Wildman–Crippen LogP) is 2.70. The average Bonchev–Trinajstić information content (AvgIpc) is 2.17. The first-order valence-corrected chi connectivity index (χ1v) is 5.21. The van der Waals surface area contributed by atoms with Crippen LogP contribution in [0, 0.1) is 15.9 Å². The molecule has 0 unspecified atom stereocenters. The Balaban J connectivity index is 3.03. The molecule has 0 fully saturated rings. The first-order chi connectivity index (χ1) is 7.06. The summed E-state index contributed by atoms with van der Waals surface area (Å²) in [5.41, 5.74) is -0.469. The molecule has 0 aliphatic heterocycles. The molecule has 1 rings (SSSR count). The van der Waals surface area contributed by atoms with Crippen LogP contribution in [-0.2, 0) is 0 Å². The molecule has 0 spiro atoms. The maximum absolute atomic E-state index is 13.2. The van der Waals surface area contributed by atoms with Crippen molar-refractivity contribution < 1.29 is 14.1 Å². The van der Waals surface area contributed by atoms with Crippen molar-refractivity contribution in [3.63, 3.8) is 0 Å². The number of hydrogen-bond acceptors (Lipinski definition) is 3. The monoisotopic (exact) mass is 275 g/mol. The first kappa shape index (κ1) is 11.8. The van der Waals surface area contributed by atoms with E-state index < -0.39 is 10.7 Å². The summed E-state index contributed by atoms with van der Waals surface area (Å²) >= 11 is 3.06. The van der Waals surface area contributed by atoms with Gasteiger partial charge in [-0.1, -0.05) is 15.9 Å². The van der Waals surface area contributed by atoms with Crippen molar-refractivity contribution >= 4 is 27.4 Å². The van der Waals surface area contributed by atoms with Gasteiger partial charge in [-0.2, -0.15) is 0 Å². The van der Waals surface area contributed by atoms with Gasteiger partial charge in [0.05, 0.1) is 16.6 Å². The van der Waals surface area contributed by atoms with Gasteiger partial charge in [-0.05, 0) is 6.07 Å². The van der Waals surface area contributed by atoms with Crippen LogP contribution in [0.3, 0.4) is 0 Å². The van der Waals surface area contributed by atoms with Gasteiger partial charge in [-0.3, -0.25) is 14.9 Å². The maximum atomic E-state index is 13.2. The molecule has 0 aliphatic rings. The minimum Gasteiger partial charge on any atom is -0.294 e. The summed E-state index contributed by atoms with van der Waals surface area (Å²) in [6, 6.07) is 3.00. The Bertz CT molecular complexity index is 408. The van der Waals surface area contributed by atoms with E-state index in [0.29, 0.717) is 5.33 Å². The highest BCUT2D eigenvalue weighted by Crippen LogP contribution is 2.17. The van der Waals surface area contributed by atoms with Gasteiger partial charge >= 0.3 is 0 Å². The highest BCUT2D eigenvalue weighted by molar-refractivity contribution is 9.09. The van der Waals surface area contributed by atoms with Crippen molar-refractivity contribution in [2.45, 2.75) is 6.42 Å². The van der Waals surface area contributed by atoms with E-state index in [1.165, 1.54) is 0 Å². The lowest BCUT2D eigenvalue weighted by atomic mass is 10.1. The minimum atomic E-state index is -0.852. The van der Waals surface area contributed by atoms with Crippen LogP contribution in [0.1, 0.15) is 16.8 Å². The lowest BCUT2D eigenvalue weighted by Crippen LogP contribution is -2.03. The third kappa shape index (κ3) is 2.82. The number of nitrogens with zero attached hydrogens (tertiary/aromatic N) is 1. The summed E-state index contributed by atoms with van der Waals surface area (Å²) in [7, 11) is 0. The normalized spacial score (nSPS) is 10.0. The van der Waals surface area contributed by atoms with E-state index in [-0.39, 0.29) is 23.5 Å². The Morgan fingerprint density at radius 3 is 2.67 bits per heavy atom. The van der Waals surface area contributed by atoms with Gasteiger partial charge in [0.15, 0.2) is 5.78 Å². The molecule has 0 amide bonds. The minimum absolute atomic E-state index is 0.111. The van der Waals surface area contributed by atoms with E-state index in [0.717, 1.165) is 18.2 Å². The smallest absolute Gasteiger partial charge is 0.272 e. The molecular weight excluding hydrogens is 269 g/mol. The Morgan fingerprint density at radius 1 is 1.53 bits per heavy atom. The molecule has 1 aromatic carbocycles. The number of halogens is 2. The fourth-order valence-corrected chi connectivity index (χ4v) is 1.42. The summed E-state index contributed by atoms with van der Waals surface area (Å²) in [4.78, 5) is 20.9. The molecular formula is C9H7BrFNO3. The molecule has 0 atom stereocenters. The van der Waals surface area contributed by atoms with Gasteiger partial charge in [-0.15, -0.1) is 0 Å². The molecule has 0 radical (unpaired) electrons. The van der Waals surface area contributed by atoms with Crippen LogP contribution in [0.2, 0.25) is 0 Å². The van der Waals surface area contributed by atoms with Crippen LogP contribution in [0.25, 0.3) is 0 Å². The van der Waals surface area contributed by atoms with Crippen LogP contribution in [0.5, 0.6) is 0 Å². The zero-order chi connectivity index (χ0) is 11.4. The van der Waals surface area contributed by atoms with Crippen molar-refractivity contribution in [2.75, 3.05) is 5.33 Å². The number of nitro benzene ring substituents is 1. The predicted molar refractivity (Wildman–Crippen MR) is 55.8 cm³/mol. The Labute approximate surface area is 93.4 Å². The Morgan fingerprint density at radius 2 is 2.20 bits per heavy atom. The quantitative estimate of drug-likeness (QED) is 0.367. The molecule has 4 nitrogen and oxygen atoms in total. The van der Waals surface area contributed by atoms with Crippen LogP contribution >= 0.6 is 15.9 Å². The number of carbonyl (C=O) groups excluding carboxylic acids is 1. The number of hydrogen-bond donors (Lipinski definition) is 0. The van der Waals surface area contributed by atoms with E-state index in [1.54, 1.807) is 0 Å². The van der Waals surface area contributed by atoms with E-state index in [4.69, 9.17) is 0 Å². The van der Waals surface area contributed by atoms with Crippen molar-refractivity contribution in [1.82, 2.24) is 0 Å². The second-order valence-electron chi connectivity index (χ2n) is 2.78. The molecule has 1 aromatic rings. The second-order valence-corrected chi connectivity index (χ2v) is 3.58. The molecule has 0 aromatic heterocycles. The van der Waals surface area contributed by atoms with Gasteiger partial charge in [-0.25, -0.2) is 4.39 Å². The second kappa shape index (κ2) is 4.97. The van der Waals surface area contributed by atoms with Gasteiger partial charge in [0, 0.05) is 17.8 Å². The SMILES string of the molecule is O=C(CCBr)c1ccc([N+](=O)[O-])cc1F. The topological polar surface area (TPSA) is 60.2 Å². The molecule has 0 N–H and O–H groups in total. The molecule has 0 saturated carbocycles. The van der Waals surface area contributed by atoms with Gasteiger partial charge in [0.2, 0.25) is 0 Å². The third-order valence-corrected chi connectivity index (χ3v) is 2.18. The van der Waals surface area contributed by atoms with E-state index in [2.05, 4.69) is 15.9 Å². The van der Waals surface area contributed by atoms with Crippen LogP contribution in [-0.4, -0.2) is 16.0 Å². The molecule has 80 valence electrons. The zero-order valence-electron chi connectivity index (χ0n) is 7.57. The fraction of sp³-hybridized carbons (Fsp3) is 0.222. The van der Waals surface area contributed by atoms with Crippen molar-refractivity contribution in [1.29, 1.82) is 0 Å². The van der Waals surface area contributed by atoms with E-state index in [1.807, 2.05) is 0 Å². The number of Topliss-reactive ketones (excluding diaryl/α,β-unsaturated/α-hetero) is 1. The van der Waals surface area contributed by atoms with Crippen molar-refractivity contribution in [3.8, 4) is 0 Å². The number of nitro groups is 1. The standard InChI is InChI=1S/C9H7BrFNO3/c10-4-3-9(13)7-2-1-6(12(14)15)5-8(7)11/h1-2,5H,3-4H2. The number of ketones is 1. The number of carbonyl (C=O) groups is 1. The molecule has 6 heteroatoms. The largest absolute Gasteiger partial charge is 0.294 e. The molecule has 0 heterocycles. The van der Waals surface area contributed by atoms with Gasteiger partial charge in [0.1, 0.15) is 5.82 Å². The highest BCUT2D eigenvalue weighted by atomic mass is 79.9. The highest BCUT2D eigenvalue weighted by Gasteiger charge is 2.15. The van der Waals surface area contributed by atoms with Crippen molar-refractivity contribution in [2.24, 2.45) is 0 Å². The molecule has 0 aliphatic carbocycles. The summed E-state index contributed by atoms with van der Waals surface area (Å²) in [6.45, 7) is 0. The number of benzene rings is 1. The Kier molecular flexibility index (Phi) is 3.90. The third-order valence-electron chi connectivity index (χ3n) is 1.79. The Hall–Kier alpha value is -1.30. The van der Waals surface area contributed by atoms with Gasteiger partial charge in [0.25, 0.3) is 5.69 Å². The molecule has 0 saturated heterocycles. The van der Waals surface area contributed by atoms with Crippen LogP contribution < -0.4 is 0 Å². The van der Waals surface area contributed by atoms with Crippen LogP contribution in [0.15, 0.2) is 18.2 Å². The van der Waals surface area contributed by atoms with Gasteiger partial charge < -0.3 is 0 Å². The molecule has 0 bridgehead atoms. The first-order valence-electron chi connectivity index (χ1n) is 4.09. The average molecular weight is 276 g/mol. The lowest BCUT2D eigenvalue weighted by molar-refractivity contribution is -0.385. The number of rotatable bonds is 4. The van der Waals surface area contributed by atoms with Crippen molar-refractivity contribution in [3.05, 3.63) is 39.7 Å². The zero-order valence-corrected chi connectivity index (χ0v) is 9.16. The fourth-order valence-electron chi connectivity index (χ4n) is 1.06. The van der Waals surface area contributed by atoms with Crippen LogP contribution in [0.4, 0.5) is 10.1 Å². The van der Waals surface area contributed by atoms with E-state index in [9.17, 15) is 19.3 Å². The van der Waals surface area contributed by atoms with E-state index >= 15 is 0 Å².